The number of aryl methyl sites for hydroxylation is 1. The van der Waals surface area contributed by atoms with Gasteiger partial charge in [0, 0.05) is 18.7 Å². The molecule has 0 saturated carbocycles. The zero-order valence-electron chi connectivity index (χ0n) is 22.1. The zero-order chi connectivity index (χ0) is 26.7. The van der Waals surface area contributed by atoms with Crippen LogP contribution in [0.2, 0.25) is 0 Å². The molecule has 0 aliphatic rings. The Labute approximate surface area is 212 Å². The highest BCUT2D eigenvalue weighted by molar-refractivity contribution is 5.93. The van der Waals surface area contributed by atoms with Crippen LogP contribution < -0.4 is 20.5 Å². The van der Waals surface area contributed by atoms with E-state index in [4.69, 9.17) is 15.2 Å². The molecule has 36 heavy (non-hydrogen) atoms. The van der Waals surface area contributed by atoms with Gasteiger partial charge in [0.2, 0.25) is 0 Å². The van der Waals surface area contributed by atoms with Crippen LogP contribution in [0, 0.1) is 0 Å². The minimum Gasteiger partial charge on any atom is -0.493 e. The fraction of sp³-hybridized carbons (Fsp3) is 0.393. The first-order chi connectivity index (χ1) is 16.9. The molecule has 8 nitrogen and oxygen atoms in total. The number of rotatable bonds is 9. The Hall–Kier alpha value is -3.81. The summed E-state index contributed by atoms with van der Waals surface area (Å²) in [5, 5.41) is 7.59. The van der Waals surface area contributed by atoms with Crippen molar-refractivity contribution in [3.63, 3.8) is 0 Å². The third kappa shape index (κ3) is 6.05. The van der Waals surface area contributed by atoms with Crippen molar-refractivity contribution in [1.82, 2.24) is 15.1 Å². The molecule has 0 aliphatic heterocycles. The number of carbonyl (C=O) groups is 2. The largest absolute Gasteiger partial charge is 0.493 e. The minimum atomic E-state index is -1.19. The highest BCUT2D eigenvalue weighted by Gasteiger charge is 2.28. The molecule has 0 spiro atoms. The SMILES string of the molecule is CCn1nc(-c2ccc(C(C)(C)C)cc2)cc1C(=O)NCc1ccc(OC(C)(C)C(N)=O)c(OC)c1. The second-order valence-electron chi connectivity index (χ2n) is 10.2. The van der Waals surface area contributed by atoms with Crippen LogP contribution in [-0.2, 0) is 23.3 Å². The zero-order valence-corrected chi connectivity index (χ0v) is 22.1. The van der Waals surface area contributed by atoms with Gasteiger partial charge in [-0.15, -0.1) is 0 Å². The van der Waals surface area contributed by atoms with E-state index in [0.29, 0.717) is 23.7 Å². The number of primary amides is 1. The van der Waals surface area contributed by atoms with E-state index >= 15 is 0 Å². The van der Waals surface area contributed by atoms with Gasteiger partial charge in [0.15, 0.2) is 17.1 Å². The molecule has 192 valence electrons. The Morgan fingerprint density at radius 2 is 1.67 bits per heavy atom. The van der Waals surface area contributed by atoms with E-state index in [0.717, 1.165) is 16.8 Å². The normalized spacial score (nSPS) is 11.8. The van der Waals surface area contributed by atoms with Crippen molar-refractivity contribution in [2.45, 2.75) is 65.6 Å². The minimum absolute atomic E-state index is 0.0669. The van der Waals surface area contributed by atoms with E-state index in [1.807, 2.05) is 25.1 Å². The topological polar surface area (TPSA) is 108 Å². The summed E-state index contributed by atoms with van der Waals surface area (Å²) in [6.45, 7) is 12.5. The van der Waals surface area contributed by atoms with E-state index in [1.54, 1.807) is 36.7 Å². The Bertz CT molecular complexity index is 1240. The van der Waals surface area contributed by atoms with Gasteiger partial charge in [-0.05, 0) is 55.5 Å². The van der Waals surface area contributed by atoms with E-state index in [1.165, 1.54) is 12.7 Å². The molecule has 0 bridgehead atoms. The molecule has 0 saturated heterocycles. The van der Waals surface area contributed by atoms with Crippen molar-refractivity contribution in [2.24, 2.45) is 5.73 Å². The molecule has 0 fully saturated rings. The third-order valence-electron chi connectivity index (χ3n) is 6.00. The van der Waals surface area contributed by atoms with Gasteiger partial charge in [-0.3, -0.25) is 14.3 Å². The summed E-state index contributed by atoms with van der Waals surface area (Å²) in [7, 11) is 1.51. The second-order valence-corrected chi connectivity index (χ2v) is 10.2. The number of hydrogen-bond donors (Lipinski definition) is 2. The van der Waals surface area contributed by atoms with Crippen LogP contribution in [0.5, 0.6) is 11.5 Å². The molecule has 2 aromatic carbocycles. The van der Waals surface area contributed by atoms with Crippen LogP contribution in [0.1, 0.15) is 63.2 Å². The molecular formula is C28H36N4O4. The molecule has 2 amide bonds. The lowest BCUT2D eigenvalue weighted by Crippen LogP contribution is -2.43. The van der Waals surface area contributed by atoms with E-state index in [9.17, 15) is 9.59 Å². The number of nitrogens with two attached hydrogens (primary N) is 1. The van der Waals surface area contributed by atoms with E-state index < -0.39 is 11.5 Å². The number of amides is 2. The Balaban J connectivity index is 1.75. The van der Waals surface area contributed by atoms with Gasteiger partial charge in [-0.2, -0.15) is 5.10 Å². The lowest BCUT2D eigenvalue weighted by molar-refractivity contribution is -0.130. The molecule has 3 rings (SSSR count). The van der Waals surface area contributed by atoms with Crippen LogP contribution in [0.15, 0.2) is 48.5 Å². The monoisotopic (exact) mass is 492 g/mol. The summed E-state index contributed by atoms with van der Waals surface area (Å²) in [4.78, 5) is 24.6. The predicted octanol–water partition coefficient (Wildman–Crippen LogP) is 4.45. The van der Waals surface area contributed by atoms with Gasteiger partial charge in [0.05, 0.1) is 12.8 Å². The Morgan fingerprint density at radius 1 is 1.00 bits per heavy atom. The molecule has 8 heteroatoms. The van der Waals surface area contributed by atoms with Gasteiger partial charge in [-0.1, -0.05) is 51.1 Å². The first kappa shape index (κ1) is 26.8. The van der Waals surface area contributed by atoms with Gasteiger partial charge < -0.3 is 20.5 Å². The number of carbonyl (C=O) groups excluding carboxylic acids is 2. The molecule has 3 N–H and O–H groups in total. The quantitative estimate of drug-likeness (QED) is 0.459. The summed E-state index contributed by atoms with van der Waals surface area (Å²) in [5.74, 6) is 0.0206. The summed E-state index contributed by atoms with van der Waals surface area (Å²) >= 11 is 0. The molecule has 1 aromatic heterocycles. The lowest BCUT2D eigenvalue weighted by Gasteiger charge is -2.24. The van der Waals surface area contributed by atoms with Gasteiger partial charge in [-0.25, -0.2) is 0 Å². The van der Waals surface area contributed by atoms with Crippen molar-refractivity contribution in [1.29, 1.82) is 0 Å². The smallest absolute Gasteiger partial charge is 0.269 e. The van der Waals surface area contributed by atoms with Crippen LogP contribution in [0.4, 0.5) is 0 Å². The molecule has 0 aliphatic carbocycles. The predicted molar refractivity (Wildman–Crippen MR) is 140 cm³/mol. The fourth-order valence-electron chi connectivity index (χ4n) is 3.63. The van der Waals surface area contributed by atoms with Crippen molar-refractivity contribution < 1.29 is 19.1 Å². The molecule has 1 heterocycles. The maximum absolute atomic E-state index is 13.0. The van der Waals surface area contributed by atoms with Crippen LogP contribution in [0.25, 0.3) is 11.3 Å². The fourth-order valence-corrected chi connectivity index (χ4v) is 3.63. The highest BCUT2D eigenvalue weighted by Crippen LogP contribution is 2.31. The van der Waals surface area contributed by atoms with Crippen LogP contribution in [0.3, 0.4) is 0 Å². The number of benzene rings is 2. The maximum Gasteiger partial charge on any atom is 0.269 e. The van der Waals surface area contributed by atoms with Crippen molar-refractivity contribution >= 4 is 11.8 Å². The lowest BCUT2D eigenvalue weighted by atomic mass is 9.86. The van der Waals surface area contributed by atoms with Crippen LogP contribution >= 0.6 is 0 Å². The average Bonchev–Trinajstić information content (AvgIpc) is 3.27. The molecular weight excluding hydrogens is 456 g/mol. The first-order valence-corrected chi connectivity index (χ1v) is 12.0. The summed E-state index contributed by atoms with van der Waals surface area (Å²) in [6, 6.07) is 15.4. The first-order valence-electron chi connectivity index (χ1n) is 12.0. The van der Waals surface area contributed by atoms with Gasteiger partial charge >= 0.3 is 0 Å². The number of hydrogen-bond acceptors (Lipinski definition) is 5. The van der Waals surface area contributed by atoms with Crippen molar-refractivity contribution in [3.05, 3.63) is 65.4 Å². The summed E-state index contributed by atoms with van der Waals surface area (Å²) in [5.41, 5.74) is 8.53. The number of methoxy groups -OCH3 is 1. The number of aromatic nitrogens is 2. The Morgan fingerprint density at radius 3 is 2.22 bits per heavy atom. The van der Waals surface area contributed by atoms with Crippen molar-refractivity contribution in [3.8, 4) is 22.8 Å². The standard InChI is InChI=1S/C28H36N4O4/c1-8-32-22(16-21(31-32)19-10-12-20(13-11-19)27(2,3)4)25(33)30-17-18-9-14-23(24(15-18)35-7)36-28(5,6)26(29)34/h9-16H,8,17H2,1-7H3,(H2,29,34)(H,30,33). The number of ether oxygens (including phenoxy) is 2. The van der Waals surface area contributed by atoms with Crippen molar-refractivity contribution in [2.75, 3.05) is 7.11 Å². The second kappa shape index (κ2) is 10.4. The Kier molecular flexibility index (Phi) is 7.77. The number of nitrogens with one attached hydrogen (secondary N) is 1. The molecule has 3 aromatic rings. The van der Waals surface area contributed by atoms with E-state index in [-0.39, 0.29) is 17.9 Å². The third-order valence-corrected chi connectivity index (χ3v) is 6.00. The number of nitrogens with zero attached hydrogens (tertiary/aromatic N) is 2. The van der Waals surface area contributed by atoms with Gasteiger partial charge in [0.25, 0.3) is 11.8 Å². The van der Waals surface area contributed by atoms with Crippen LogP contribution in [-0.4, -0.2) is 34.3 Å². The average molecular weight is 493 g/mol. The summed E-state index contributed by atoms with van der Waals surface area (Å²) < 4.78 is 12.9. The van der Waals surface area contributed by atoms with E-state index in [2.05, 4.69) is 43.3 Å². The highest BCUT2D eigenvalue weighted by atomic mass is 16.5. The molecule has 0 unspecified atom stereocenters. The summed E-state index contributed by atoms with van der Waals surface area (Å²) in [6.07, 6.45) is 0. The maximum atomic E-state index is 13.0. The van der Waals surface area contributed by atoms with Gasteiger partial charge in [0.1, 0.15) is 5.69 Å². The molecule has 0 radical (unpaired) electrons. The molecule has 0 atom stereocenters.